The molecule has 0 aliphatic heterocycles. The van der Waals surface area contributed by atoms with Crippen LogP contribution in [0.25, 0.3) is 0 Å². The quantitative estimate of drug-likeness (QED) is 0.737. The maximum atomic E-state index is 11.4. The fourth-order valence-electron chi connectivity index (χ4n) is 1.29. The lowest BCUT2D eigenvalue weighted by Crippen LogP contribution is -2.36. The van der Waals surface area contributed by atoms with Crippen molar-refractivity contribution in [2.45, 2.75) is 13.5 Å². The summed E-state index contributed by atoms with van der Waals surface area (Å²) in [7, 11) is 1.75. The monoisotopic (exact) mass is 207 g/mol. The van der Waals surface area contributed by atoms with Crippen molar-refractivity contribution in [1.29, 1.82) is 0 Å². The van der Waals surface area contributed by atoms with Gasteiger partial charge in [-0.05, 0) is 18.6 Å². The second kappa shape index (κ2) is 5.24. The van der Waals surface area contributed by atoms with Crippen molar-refractivity contribution in [2.75, 3.05) is 19.3 Å². The lowest BCUT2D eigenvalue weighted by molar-refractivity contribution is 0.207. The number of carbonyl (C=O) groups is 1. The molecule has 0 atom stereocenters. The molecule has 4 nitrogen and oxygen atoms in total. The molecule has 0 saturated carbocycles. The molecule has 0 radical (unpaired) electrons. The van der Waals surface area contributed by atoms with Gasteiger partial charge >= 0.3 is 6.03 Å². The lowest BCUT2D eigenvalue weighted by atomic mass is 10.2. The Bertz CT molecular complexity index is 338. The Kier molecular flexibility index (Phi) is 3.97. The fourth-order valence-corrected chi connectivity index (χ4v) is 1.29. The summed E-state index contributed by atoms with van der Waals surface area (Å²) in [4.78, 5) is 13.0. The molecule has 0 aliphatic carbocycles. The van der Waals surface area contributed by atoms with Gasteiger partial charge in [0.1, 0.15) is 0 Å². The number of carbonyl (C=O) groups excluding carboxylic acids is 1. The van der Waals surface area contributed by atoms with Crippen LogP contribution in [0.2, 0.25) is 0 Å². The predicted molar refractivity (Wildman–Crippen MR) is 61.4 cm³/mol. The molecule has 2 amide bonds. The molecular weight excluding hydrogens is 190 g/mol. The molecule has 0 aromatic heterocycles. The van der Waals surface area contributed by atoms with E-state index in [0.717, 1.165) is 5.56 Å². The largest absolute Gasteiger partial charge is 0.398 e. The van der Waals surface area contributed by atoms with Crippen molar-refractivity contribution in [2.24, 2.45) is 0 Å². The number of amides is 2. The van der Waals surface area contributed by atoms with Crippen LogP contribution in [0.1, 0.15) is 12.5 Å². The third-order valence-corrected chi connectivity index (χ3v) is 2.14. The molecule has 0 bridgehead atoms. The highest BCUT2D eigenvalue weighted by Crippen LogP contribution is 2.12. The Morgan fingerprint density at radius 2 is 2.13 bits per heavy atom. The summed E-state index contributed by atoms with van der Waals surface area (Å²) >= 11 is 0. The van der Waals surface area contributed by atoms with Crippen LogP contribution >= 0.6 is 0 Å². The van der Waals surface area contributed by atoms with Crippen LogP contribution in [0.4, 0.5) is 10.5 Å². The zero-order chi connectivity index (χ0) is 11.3. The van der Waals surface area contributed by atoms with E-state index in [9.17, 15) is 4.79 Å². The van der Waals surface area contributed by atoms with Crippen LogP contribution in [-0.4, -0.2) is 24.5 Å². The standard InChI is InChI=1S/C11H17N3O/c1-3-13-11(15)14(2)8-9-6-4-5-7-10(9)12/h4-7H,3,8,12H2,1-2H3,(H,13,15). The third kappa shape index (κ3) is 3.16. The first-order valence-corrected chi connectivity index (χ1v) is 4.97. The topological polar surface area (TPSA) is 58.4 Å². The Hall–Kier alpha value is -1.71. The van der Waals surface area contributed by atoms with Gasteiger partial charge in [-0.1, -0.05) is 18.2 Å². The first-order valence-electron chi connectivity index (χ1n) is 4.97. The number of anilines is 1. The first kappa shape index (κ1) is 11.4. The van der Waals surface area contributed by atoms with Gasteiger partial charge in [0.05, 0.1) is 0 Å². The van der Waals surface area contributed by atoms with Crippen molar-refractivity contribution in [3.8, 4) is 0 Å². The highest BCUT2D eigenvalue weighted by Gasteiger charge is 2.08. The Morgan fingerprint density at radius 3 is 2.73 bits per heavy atom. The molecular formula is C11H17N3O. The number of urea groups is 1. The van der Waals surface area contributed by atoms with Crippen LogP contribution in [0.5, 0.6) is 0 Å². The molecule has 0 heterocycles. The number of hydrogen-bond donors (Lipinski definition) is 2. The zero-order valence-corrected chi connectivity index (χ0v) is 9.16. The highest BCUT2D eigenvalue weighted by molar-refractivity contribution is 5.74. The van der Waals surface area contributed by atoms with Crippen molar-refractivity contribution >= 4 is 11.7 Å². The molecule has 82 valence electrons. The van der Waals surface area contributed by atoms with Gasteiger partial charge in [-0.25, -0.2) is 4.79 Å². The fraction of sp³-hybridized carbons (Fsp3) is 0.364. The summed E-state index contributed by atoms with van der Waals surface area (Å²) in [6.07, 6.45) is 0. The van der Waals surface area contributed by atoms with Crippen LogP contribution < -0.4 is 11.1 Å². The molecule has 15 heavy (non-hydrogen) atoms. The first-order chi connectivity index (χ1) is 7.15. The van der Waals surface area contributed by atoms with E-state index >= 15 is 0 Å². The van der Waals surface area contributed by atoms with Gasteiger partial charge in [0.25, 0.3) is 0 Å². The van der Waals surface area contributed by atoms with Crippen LogP contribution in [0.3, 0.4) is 0 Å². The summed E-state index contributed by atoms with van der Waals surface area (Å²) in [5.41, 5.74) is 7.47. The van der Waals surface area contributed by atoms with E-state index in [2.05, 4.69) is 5.32 Å². The molecule has 0 aliphatic rings. The molecule has 0 spiro atoms. The maximum Gasteiger partial charge on any atom is 0.317 e. The van der Waals surface area contributed by atoms with Gasteiger partial charge in [0.2, 0.25) is 0 Å². The van der Waals surface area contributed by atoms with Gasteiger partial charge in [0, 0.05) is 25.8 Å². The summed E-state index contributed by atoms with van der Waals surface area (Å²) in [5.74, 6) is 0. The van der Waals surface area contributed by atoms with E-state index in [-0.39, 0.29) is 6.03 Å². The average molecular weight is 207 g/mol. The Morgan fingerprint density at radius 1 is 1.47 bits per heavy atom. The van der Waals surface area contributed by atoms with E-state index in [4.69, 9.17) is 5.73 Å². The number of hydrogen-bond acceptors (Lipinski definition) is 2. The maximum absolute atomic E-state index is 11.4. The number of para-hydroxylation sites is 1. The number of benzene rings is 1. The van der Waals surface area contributed by atoms with E-state index in [1.807, 2.05) is 31.2 Å². The predicted octanol–water partition coefficient (Wildman–Crippen LogP) is 1.43. The van der Waals surface area contributed by atoms with Crippen molar-refractivity contribution in [1.82, 2.24) is 10.2 Å². The highest BCUT2D eigenvalue weighted by atomic mass is 16.2. The average Bonchev–Trinajstić information content (AvgIpc) is 2.21. The van der Waals surface area contributed by atoms with E-state index in [1.165, 1.54) is 0 Å². The van der Waals surface area contributed by atoms with Crippen molar-refractivity contribution < 1.29 is 4.79 Å². The molecule has 1 aromatic rings. The molecule has 3 N–H and O–H groups in total. The molecule has 0 fully saturated rings. The lowest BCUT2D eigenvalue weighted by Gasteiger charge is -2.18. The van der Waals surface area contributed by atoms with Gasteiger partial charge in [-0.2, -0.15) is 0 Å². The minimum atomic E-state index is -0.0826. The Labute approximate surface area is 90.1 Å². The number of nitrogens with two attached hydrogens (primary N) is 1. The van der Waals surface area contributed by atoms with Gasteiger partial charge in [0.15, 0.2) is 0 Å². The third-order valence-electron chi connectivity index (χ3n) is 2.14. The summed E-state index contributed by atoms with van der Waals surface area (Å²) in [6.45, 7) is 3.05. The second-order valence-corrected chi connectivity index (χ2v) is 3.39. The minimum absolute atomic E-state index is 0.0826. The van der Waals surface area contributed by atoms with Crippen molar-refractivity contribution in [3.05, 3.63) is 29.8 Å². The van der Waals surface area contributed by atoms with Gasteiger partial charge in [-0.15, -0.1) is 0 Å². The molecule has 0 saturated heterocycles. The summed E-state index contributed by atoms with van der Waals surface area (Å²) in [6, 6.07) is 7.47. The van der Waals surface area contributed by atoms with E-state index in [1.54, 1.807) is 11.9 Å². The van der Waals surface area contributed by atoms with Gasteiger partial charge in [-0.3, -0.25) is 0 Å². The number of nitrogens with zero attached hydrogens (tertiary/aromatic N) is 1. The summed E-state index contributed by atoms with van der Waals surface area (Å²) < 4.78 is 0. The second-order valence-electron chi connectivity index (χ2n) is 3.39. The van der Waals surface area contributed by atoms with E-state index < -0.39 is 0 Å². The van der Waals surface area contributed by atoms with Crippen molar-refractivity contribution in [3.63, 3.8) is 0 Å². The molecule has 1 aromatic carbocycles. The van der Waals surface area contributed by atoms with Gasteiger partial charge < -0.3 is 16.0 Å². The normalized spacial score (nSPS) is 9.73. The zero-order valence-electron chi connectivity index (χ0n) is 9.16. The smallest absolute Gasteiger partial charge is 0.317 e. The SMILES string of the molecule is CCNC(=O)N(C)Cc1ccccc1N. The van der Waals surface area contributed by atoms with E-state index in [0.29, 0.717) is 18.8 Å². The summed E-state index contributed by atoms with van der Waals surface area (Å²) in [5, 5.41) is 2.73. The van der Waals surface area contributed by atoms with Crippen LogP contribution in [0, 0.1) is 0 Å². The number of nitrogen functional groups attached to an aromatic ring is 1. The number of rotatable bonds is 3. The van der Waals surface area contributed by atoms with Crippen LogP contribution in [0.15, 0.2) is 24.3 Å². The molecule has 0 unspecified atom stereocenters. The van der Waals surface area contributed by atoms with Crippen LogP contribution in [-0.2, 0) is 6.54 Å². The Balaban J connectivity index is 2.62. The minimum Gasteiger partial charge on any atom is -0.398 e. The molecule has 4 heteroatoms. The molecule has 1 rings (SSSR count). The number of nitrogens with one attached hydrogen (secondary N) is 1.